The molecule has 0 saturated carbocycles. The molecular formula is C25H32N2O5S. The van der Waals surface area contributed by atoms with Crippen LogP contribution >= 0.6 is 0 Å². The molecule has 0 bridgehead atoms. The van der Waals surface area contributed by atoms with E-state index in [1.54, 1.807) is 6.07 Å². The lowest BCUT2D eigenvalue weighted by Crippen LogP contribution is -2.32. The summed E-state index contributed by atoms with van der Waals surface area (Å²) in [4.78, 5) is 24.5. The summed E-state index contributed by atoms with van der Waals surface area (Å²) < 4.78 is 32.6. The highest BCUT2D eigenvalue weighted by Crippen LogP contribution is 2.21. The van der Waals surface area contributed by atoms with Gasteiger partial charge in [0.25, 0.3) is 0 Å². The second kappa shape index (κ2) is 12.0. The number of nitrogens with zero attached hydrogens (tertiary/aromatic N) is 1. The SMILES string of the molecule is Cc1ccc(CCC(=O)NCCOC(=O)c2cccc(S(=O)(=O)N3CCCCCC3)c2)cc1. The number of hydrogen-bond donors (Lipinski definition) is 1. The number of carbonyl (C=O) groups excluding carboxylic acids is 2. The zero-order valence-corrected chi connectivity index (χ0v) is 19.9. The average Bonchev–Trinajstić information content (AvgIpc) is 3.12. The van der Waals surface area contributed by atoms with Crippen molar-refractivity contribution in [3.8, 4) is 0 Å². The lowest BCUT2D eigenvalue weighted by atomic mass is 10.1. The molecule has 1 saturated heterocycles. The molecule has 33 heavy (non-hydrogen) atoms. The molecule has 2 aromatic rings. The van der Waals surface area contributed by atoms with Crippen LogP contribution in [0.2, 0.25) is 0 Å². The first kappa shape index (κ1) is 24.9. The predicted molar refractivity (Wildman–Crippen MR) is 126 cm³/mol. The van der Waals surface area contributed by atoms with Crippen molar-refractivity contribution in [2.75, 3.05) is 26.2 Å². The molecule has 0 spiro atoms. The lowest BCUT2D eigenvalue weighted by molar-refractivity contribution is -0.121. The largest absolute Gasteiger partial charge is 0.460 e. The Bertz CT molecular complexity index is 1040. The van der Waals surface area contributed by atoms with Crippen molar-refractivity contribution < 1.29 is 22.7 Å². The van der Waals surface area contributed by atoms with E-state index in [0.717, 1.165) is 31.2 Å². The number of ether oxygens (including phenoxy) is 1. The van der Waals surface area contributed by atoms with Gasteiger partial charge in [0.05, 0.1) is 17.0 Å². The zero-order chi connectivity index (χ0) is 23.7. The first-order valence-electron chi connectivity index (χ1n) is 11.5. The van der Waals surface area contributed by atoms with Crippen molar-refractivity contribution in [2.24, 2.45) is 0 Å². The van der Waals surface area contributed by atoms with Gasteiger partial charge < -0.3 is 10.1 Å². The summed E-state index contributed by atoms with van der Waals surface area (Å²) in [5.74, 6) is -0.728. The van der Waals surface area contributed by atoms with Gasteiger partial charge in [-0.3, -0.25) is 4.79 Å². The van der Waals surface area contributed by atoms with Gasteiger partial charge in [0.1, 0.15) is 6.61 Å². The first-order chi connectivity index (χ1) is 15.9. The molecule has 0 aliphatic carbocycles. The van der Waals surface area contributed by atoms with Crippen LogP contribution in [-0.2, 0) is 26.0 Å². The number of sulfonamides is 1. The second-order valence-electron chi connectivity index (χ2n) is 8.32. The Morgan fingerprint density at radius 2 is 1.70 bits per heavy atom. The Morgan fingerprint density at radius 3 is 2.39 bits per heavy atom. The molecule has 1 heterocycles. The number of esters is 1. The third-order valence-corrected chi connectivity index (χ3v) is 7.59. The van der Waals surface area contributed by atoms with Crippen molar-refractivity contribution in [2.45, 2.75) is 50.3 Å². The zero-order valence-electron chi connectivity index (χ0n) is 19.1. The maximum atomic E-state index is 13.0. The number of amides is 1. The summed E-state index contributed by atoms with van der Waals surface area (Å²) in [7, 11) is -3.64. The molecule has 1 amide bonds. The molecule has 1 fully saturated rings. The number of nitrogens with one attached hydrogen (secondary N) is 1. The van der Waals surface area contributed by atoms with Gasteiger partial charge in [-0.15, -0.1) is 0 Å². The Morgan fingerprint density at radius 1 is 1.00 bits per heavy atom. The number of carbonyl (C=O) groups is 2. The van der Waals surface area contributed by atoms with Crippen molar-refractivity contribution in [3.05, 3.63) is 65.2 Å². The first-order valence-corrected chi connectivity index (χ1v) is 12.9. The van der Waals surface area contributed by atoms with Crippen molar-refractivity contribution in [1.82, 2.24) is 9.62 Å². The molecular weight excluding hydrogens is 440 g/mol. The lowest BCUT2D eigenvalue weighted by Gasteiger charge is -2.20. The normalized spacial score (nSPS) is 14.9. The standard InChI is InChI=1S/C25H32N2O5S/c1-20-9-11-21(12-10-20)13-14-24(28)26-15-18-32-25(29)22-7-6-8-23(19-22)33(30,31)27-16-4-2-3-5-17-27/h6-12,19H,2-5,13-18H2,1H3,(H,26,28). The van der Waals surface area contributed by atoms with Crippen LogP contribution < -0.4 is 5.32 Å². The summed E-state index contributed by atoms with van der Waals surface area (Å²) in [6, 6.07) is 14.0. The second-order valence-corrected chi connectivity index (χ2v) is 10.3. The molecule has 3 rings (SSSR count). The minimum absolute atomic E-state index is 0.0121. The van der Waals surface area contributed by atoms with E-state index in [2.05, 4.69) is 5.32 Å². The van der Waals surface area contributed by atoms with E-state index in [4.69, 9.17) is 4.74 Å². The van der Waals surface area contributed by atoms with Crippen LogP contribution in [0.1, 0.15) is 53.6 Å². The molecule has 0 aromatic heterocycles. The van der Waals surface area contributed by atoms with E-state index in [1.165, 1.54) is 28.1 Å². The van der Waals surface area contributed by atoms with Gasteiger partial charge in [0.2, 0.25) is 15.9 Å². The Balaban J connectivity index is 1.45. The van der Waals surface area contributed by atoms with Gasteiger partial charge in [0, 0.05) is 19.5 Å². The predicted octanol–water partition coefficient (Wildman–Crippen LogP) is 3.47. The van der Waals surface area contributed by atoms with Crippen LogP contribution in [0, 0.1) is 6.92 Å². The summed E-state index contributed by atoms with van der Waals surface area (Å²) in [6.45, 7) is 3.23. The van der Waals surface area contributed by atoms with Gasteiger partial charge in [-0.2, -0.15) is 4.31 Å². The number of aryl methyl sites for hydroxylation is 2. The quantitative estimate of drug-likeness (QED) is 0.446. The molecule has 2 aromatic carbocycles. The number of hydrogen-bond acceptors (Lipinski definition) is 5. The fourth-order valence-electron chi connectivity index (χ4n) is 3.73. The molecule has 0 radical (unpaired) electrons. The van der Waals surface area contributed by atoms with Gasteiger partial charge in [-0.25, -0.2) is 13.2 Å². The van der Waals surface area contributed by atoms with Crippen LogP contribution in [0.25, 0.3) is 0 Å². The summed E-state index contributed by atoms with van der Waals surface area (Å²) >= 11 is 0. The van der Waals surface area contributed by atoms with Crippen LogP contribution in [0.3, 0.4) is 0 Å². The monoisotopic (exact) mass is 472 g/mol. The van der Waals surface area contributed by atoms with E-state index >= 15 is 0 Å². The smallest absolute Gasteiger partial charge is 0.338 e. The third-order valence-electron chi connectivity index (χ3n) is 5.69. The van der Waals surface area contributed by atoms with Crippen LogP contribution in [0.15, 0.2) is 53.4 Å². The summed E-state index contributed by atoms with van der Waals surface area (Å²) in [5.41, 5.74) is 2.45. The van der Waals surface area contributed by atoms with Crippen LogP contribution in [0.4, 0.5) is 0 Å². The maximum absolute atomic E-state index is 13.0. The Kier molecular flexibility index (Phi) is 9.03. The molecule has 0 atom stereocenters. The molecule has 0 unspecified atom stereocenters. The maximum Gasteiger partial charge on any atom is 0.338 e. The van der Waals surface area contributed by atoms with Gasteiger partial charge in [-0.1, -0.05) is 48.7 Å². The highest BCUT2D eigenvalue weighted by Gasteiger charge is 2.26. The van der Waals surface area contributed by atoms with Crippen molar-refractivity contribution in [3.63, 3.8) is 0 Å². The van der Waals surface area contributed by atoms with E-state index in [0.29, 0.717) is 25.9 Å². The van der Waals surface area contributed by atoms with E-state index in [-0.39, 0.29) is 29.5 Å². The van der Waals surface area contributed by atoms with Gasteiger partial charge in [0.15, 0.2) is 0 Å². The van der Waals surface area contributed by atoms with Crippen molar-refractivity contribution >= 4 is 21.9 Å². The van der Waals surface area contributed by atoms with Gasteiger partial charge in [-0.05, 0) is 49.9 Å². The van der Waals surface area contributed by atoms with Gasteiger partial charge >= 0.3 is 5.97 Å². The van der Waals surface area contributed by atoms with E-state index < -0.39 is 16.0 Å². The summed E-state index contributed by atoms with van der Waals surface area (Å²) in [5, 5.41) is 2.74. The molecule has 7 nitrogen and oxygen atoms in total. The minimum Gasteiger partial charge on any atom is -0.460 e. The highest BCUT2D eigenvalue weighted by molar-refractivity contribution is 7.89. The highest BCUT2D eigenvalue weighted by atomic mass is 32.2. The number of benzene rings is 2. The minimum atomic E-state index is -3.64. The average molecular weight is 473 g/mol. The fourth-order valence-corrected chi connectivity index (χ4v) is 5.30. The number of rotatable bonds is 9. The van der Waals surface area contributed by atoms with Crippen LogP contribution in [-0.4, -0.2) is 50.8 Å². The van der Waals surface area contributed by atoms with E-state index in [9.17, 15) is 18.0 Å². The molecule has 1 aliphatic heterocycles. The Labute approximate surface area is 196 Å². The molecule has 178 valence electrons. The van der Waals surface area contributed by atoms with E-state index in [1.807, 2.05) is 31.2 Å². The summed E-state index contributed by atoms with van der Waals surface area (Å²) in [6.07, 6.45) is 4.74. The molecule has 1 aliphatic rings. The third kappa shape index (κ3) is 7.40. The van der Waals surface area contributed by atoms with Crippen LogP contribution in [0.5, 0.6) is 0 Å². The Hall–Kier alpha value is -2.71. The molecule has 8 heteroatoms. The topological polar surface area (TPSA) is 92.8 Å². The molecule has 1 N–H and O–H groups in total. The fraction of sp³-hybridized carbons (Fsp3) is 0.440. The van der Waals surface area contributed by atoms with Crippen molar-refractivity contribution in [1.29, 1.82) is 0 Å².